The average molecular weight is 690 g/mol. The third kappa shape index (κ3) is 12.4. The van der Waals surface area contributed by atoms with E-state index >= 15 is 0 Å². The third-order valence-electron chi connectivity index (χ3n) is 7.10. The molecule has 0 unspecified atom stereocenters. The first-order chi connectivity index (χ1) is 22.6. The van der Waals surface area contributed by atoms with Crippen molar-refractivity contribution in [1.29, 1.82) is 0 Å². The second kappa shape index (κ2) is 18.7. The fourth-order valence-corrected chi connectivity index (χ4v) is 4.79. The zero-order valence-corrected chi connectivity index (χ0v) is 26.4. The topological polar surface area (TPSA) is 213 Å². The summed E-state index contributed by atoms with van der Waals surface area (Å²) in [6.07, 6.45) is 2.53. The molecule has 3 aromatic carbocycles. The molecular weight excluding hydrogens is 656 g/mol. The molecule has 0 aromatic heterocycles. The number of aliphatic carboxylic acids is 2. The SMILES string of the molecule is Cc1c(Cl)cccc1NC(=O)[C@H]1CCCC[C@H]1C(=O)O.NC(=O)C[C@H](NC(=O)c1ccccc1)C(=O)O.O=C(O)c1cc(F)cc(F)c1. The predicted molar refractivity (Wildman–Crippen MR) is 170 cm³/mol. The Labute approximate surface area is 278 Å². The largest absolute Gasteiger partial charge is 0.481 e. The number of rotatable bonds is 9. The van der Waals surface area contributed by atoms with Crippen LogP contribution in [0.2, 0.25) is 5.02 Å². The summed E-state index contributed by atoms with van der Waals surface area (Å²) in [6.45, 7) is 1.83. The van der Waals surface area contributed by atoms with Gasteiger partial charge in [0.25, 0.3) is 5.91 Å². The number of nitrogens with one attached hydrogen (secondary N) is 2. The fraction of sp³-hybridized carbons (Fsp3) is 0.273. The normalized spacial score (nSPS) is 15.6. The predicted octanol–water partition coefficient (Wildman–Crippen LogP) is 4.89. The Morgan fingerprint density at radius 1 is 0.854 bits per heavy atom. The van der Waals surface area contributed by atoms with E-state index in [1.54, 1.807) is 48.5 Å². The molecule has 4 rings (SSSR count). The van der Waals surface area contributed by atoms with Crippen LogP contribution in [0.25, 0.3) is 0 Å². The van der Waals surface area contributed by atoms with Gasteiger partial charge in [0.2, 0.25) is 11.8 Å². The van der Waals surface area contributed by atoms with Gasteiger partial charge in [-0.3, -0.25) is 19.2 Å². The van der Waals surface area contributed by atoms with Gasteiger partial charge in [0.05, 0.1) is 23.8 Å². The van der Waals surface area contributed by atoms with E-state index in [9.17, 15) is 42.7 Å². The van der Waals surface area contributed by atoms with Crippen LogP contribution in [-0.2, 0) is 19.2 Å². The monoisotopic (exact) mass is 689 g/mol. The molecule has 0 spiro atoms. The van der Waals surface area contributed by atoms with Gasteiger partial charge in [0, 0.05) is 22.3 Å². The Morgan fingerprint density at radius 3 is 1.96 bits per heavy atom. The number of anilines is 1. The van der Waals surface area contributed by atoms with Crippen LogP contribution in [0.3, 0.4) is 0 Å². The number of carbonyl (C=O) groups is 6. The summed E-state index contributed by atoms with van der Waals surface area (Å²) in [6, 6.07) is 14.2. The number of primary amides is 1. The van der Waals surface area contributed by atoms with Crippen LogP contribution in [-0.4, -0.2) is 57.0 Å². The van der Waals surface area contributed by atoms with Gasteiger partial charge in [0.15, 0.2) is 0 Å². The second-order valence-electron chi connectivity index (χ2n) is 10.6. The molecule has 0 aliphatic heterocycles. The van der Waals surface area contributed by atoms with E-state index in [1.165, 1.54) is 0 Å². The van der Waals surface area contributed by atoms with Crippen LogP contribution in [0.1, 0.15) is 58.4 Å². The summed E-state index contributed by atoms with van der Waals surface area (Å²) < 4.78 is 24.6. The van der Waals surface area contributed by atoms with Crippen LogP contribution >= 0.6 is 11.6 Å². The Kier molecular flexibility index (Phi) is 15.1. The molecule has 1 aliphatic carbocycles. The molecule has 1 saturated carbocycles. The van der Waals surface area contributed by atoms with E-state index in [1.807, 2.05) is 6.92 Å². The quantitative estimate of drug-likeness (QED) is 0.180. The van der Waals surface area contributed by atoms with Gasteiger partial charge < -0.3 is 31.7 Å². The molecule has 0 bridgehead atoms. The lowest BCUT2D eigenvalue weighted by molar-refractivity contribution is -0.147. The standard InChI is InChI=1S/C15H18ClNO3.C11H12N2O4.C7H4F2O2/c1-9-12(16)7-4-8-13(9)17-14(18)10-5-2-3-6-11(10)15(19)20;12-9(14)6-8(11(16)17)13-10(15)7-4-2-1-3-5-7;8-5-1-4(7(10)11)2-6(9)3-5/h4,7-8,10-11H,2-3,5-6H2,1H3,(H,17,18)(H,19,20);1-5,8H,6H2,(H2,12,14)(H,13,15)(H,16,17);1-3H,(H,10,11)/t10-,11+;8-;/m00./s1. The van der Waals surface area contributed by atoms with Crippen molar-refractivity contribution in [3.8, 4) is 0 Å². The van der Waals surface area contributed by atoms with Crippen molar-refractivity contribution in [3.05, 3.63) is 100 Å². The summed E-state index contributed by atoms with van der Waals surface area (Å²) in [5.74, 6) is -7.90. The lowest BCUT2D eigenvalue weighted by atomic mass is 9.78. The third-order valence-corrected chi connectivity index (χ3v) is 7.51. The van der Waals surface area contributed by atoms with Crippen molar-refractivity contribution in [2.75, 3.05) is 5.32 Å². The zero-order valence-electron chi connectivity index (χ0n) is 25.6. The Hall–Kier alpha value is -5.37. The maximum absolute atomic E-state index is 12.3. The minimum absolute atomic E-state index is 0.220. The molecule has 48 heavy (non-hydrogen) atoms. The van der Waals surface area contributed by atoms with E-state index in [4.69, 9.17) is 27.5 Å². The Bertz CT molecular complexity index is 1620. The Morgan fingerprint density at radius 2 is 1.44 bits per heavy atom. The second-order valence-corrected chi connectivity index (χ2v) is 11.0. The van der Waals surface area contributed by atoms with Gasteiger partial charge in [-0.15, -0.1) is 0 Å². The highest BCUT2D eigenvalue weighted by Gasteiger charge is 2.35. The molecule has 1 fully saturated rings. The van der Waals surface area contributed by atoms with Gasteiger partial charge in [-0.1, -0.05) is 48.7 Å². The first-order valence-electron chi connectivity index (χ1n) is 14.5. The van der Waals surface area contributed by atoms with E-state index < -0.39 is 65.7 Å². The molecule has 3 amide bonds. The van der Waals surface area contributed by atoms with Crippen LogP contribution in [0, 0.1) is 30.4 Å². The number of aromatic carboxylic acids is 1. The molecular formula is C33H34ClF2N3O9. The number of amides is 3. The highest BCUT2D eigenvalue weighted by Crippen LogP contribution is 2.32. The number of hydrogen-bond acceptors (Lipinski definition) is 6. The molecule has 0 heterocycles. The summed E-state index contributed by atoms with van der Waals surface area (Å²) in [7, 11) is 0. The molecule has 12 nitrogen and oxygen atoms in total. The lowest BCUT2D eigenvalue weighted by Crippen LogP contribution is -2.43. The van der Waals surface area contributed by atoms with Crippen LogP contribution in [0.4, 0.5) is 14.5 Å². The van der Waals surface area contributed by atoms with Crippen molar-refractivity contribution in [2.24, 2.45) is 17.6 Å². The van der Waals surface area contributed by atoms with Crippen molar-refractivity contribution in [1.82, 2.24) is 5.32 Å². The molecule has 3 atom stereocenters. The first-order valence-corrected chi connectivity index (χ1v) is 14.8. The van der Waals surface area contributed by atoms with Crippen molar-refractivity contribution >= 4 is 52.9 Å². The number of benzene rings is 3. The molecule has 3 aromatic rings. The summed E-state index contributed by atoms with van der Waals surface area (Å²) in [4.78, 5) is 66.8. The number of carbonyl (C=O) groups excluding carboxylic acids is 3. The highest BCUT2D eigenvalue weighted by molar-refractivity contribution is 6.31. The van der Waals surface area contributed by atoms with Crippen molar-refractivity contribution in [3.63, 3.8) is 0 Å². The molecule has 256 valence electrons. The average Bonchev–Trinajstić information content (AvgIpc) is 3.03. The maximum atomic E-state index is 12.3. The van der Waals surface area contributed by atoms with Crippen LogP contribution in [0.15, 0.2) is 66.7 Å². The number of carboxylic acid groups (broad SMARTS) is 3. The number of hydrogen-bond donors (Lipinski definition) is 6. The summed E-state index contributed by atoms with van der Waals surface area (Å²) in [5.41, 5.74) is 6.27. The molecule has 0 saturated heterocycles. The highest BCUT2D eigenvalue weighted by atomic mass is 35.5. The molecule has 15 heteroatoms. The number of carboxylic acids is 3. The van der Waals surface area contributed by atoms with E-state index in [-0.39, 0.29) is 11.5 Å². The maximum Gasteiger partial charge on any atom is 0.335 e. The van der Waals surface area contributed by atoms with E-state index in [0.717, 1.165) is 30.5 Å². The lowest BCUT2D eigenvalue weighted by Gasteiger charge is -2.27. The minimum atomic E-state index is -1.34. The van der Waals surface area contributed by atoms with Gasteiger partial charge in [-0.25, -0.2) is 18.4 Å². The molecule has 1 aliphatic rings. The van der Waals surface area contributed by atoms with Gasteiger partial charge >= 0.3 is 17.9 Å². The Balaban J connectivity index is 0.000000261. The van der Waals surface area contributed by atoms with Gasteiger partial charge in [-0.2, -0.15) is 0 Å². The number of nitrogens with two attached hydrogens (primary N) is 1. The van der Waals surface area contributed by atoms with Crippen molar-refractivity contribution < 1.29 is 52.9 Å². The van der Waals surface area contributed by atoms with E-state index in [2.05, 4.69) is 10.6 Å². The van der Waals surface area contributed by atoms with E-state index in [0.29, 0.717) is 35.2 Å². The molecule has 0 radical (unpaired) electrons. The van der Waals surface area contributed by atoms with Crippen LogP contribution < -0.4 is 16.4 Å². The minimum Gasteiger partial charge on any atom is -0.481 e. The first kappa shape index (κ1) is 38.8. The van der Waals surface area contributed by atoms with Gasteiger partial charge in [-0.05, 0) is 61.7 Å². The van der Waals surface area contributed by atoms with Crippen molar-refractivity contribution in [2.45, 2.75) is 45.1 Å². The zero-order chi connectivity index (χ0) is 36.0. The molecule has 7 N–H and O–H groups in total. The van der Waals surface area contributed by atoms with Gasteiger partial charge in [0.1, 0.15) is 17.7 Å². The summed E-state index contributed by atoms with van der Waals surface area (Å²) in [5, 5.41) is 31.9. The fourth-order valence-electron chi connectivity index (χ4n) is 4.62. The summed E-state index contributed by atoms with van der Waals surface area (Å²) >= 11 is 6.02. The van der Waals surface area contributed by atoms with Crippen LogP contribution in [0.5, 0.6) is 0 Å². The smallest absolute Gasteiger partial charge is 0.335 e. The number of halogens is 3.